The summed E-state index contributed by atoms with van der Waals surface area (Å²) in [7, 11) is 0. The molecule has 1 N–H and O–H groups in total. The largest absolute Gasteiger partial charge is 0.481 e. The molecule has 5 nitrogen and oxygen atoms in total. The van der Waals surface area contributed by atoms with E-state index in [2.05, 4.69) is 10.1 Å². The van der Waals surface area contributed by atoms with Gasteiger partial charge >= 0.3 is 12.1 Å². The summed E-state index contributed by atoms with van der Waals surface area (Å²) in [5, 5.41) is 12.1. The van der Waals surface area contributed by atoms with Gasteiger partial charge in [0.1, 0.15) is 5.82 Å². The number of aliphatic carboxylic acids is 1. The van der Waals surface area contributed by atoms with Gasteiger partial charge in [0.15, 0.2) is 0 Å². The van der Waals surface area contributed by atoms with Crippen LogP contribution in [0.25, 0.3) is 11.4 Å². The van der Waals surface area contributed by atoms with E-state index in [-0.39, 0.29) is 23.7 Å². The van der Waals surface area contributed by atoms with Gasteiger partial charge in [-0.1, -0.05) is 12.1 Å². The molecule has 1 atom stereocenters. The molecule has 0 amide bonds. The maximum atomic E-state index is 13.3. The van der Waals surface area contributed by atoms with Crippen LogP contribution >= 0.6 is 0 Å². The van der Waals surface area contributed by atoms with Gasteiger partial charge in [-0.15, -0.1) is 0 Å². The Hall–Kier alpha value is -2.45. The third kappa shape index (κ3) is 3.60. The van der Waals surface area contributed by atoms with E-state index in [1.807, 2.05) is 0 Å². The molecule has 0 radical (unpaired) electrons. The van der Waals surface area contributed by atoms with Crippen LogP contribution in [0.15, 0.2) is 22.7 Å². The lowest BCUT2D eigenvalue weighted by atomic mass is 10.1. The molecule has 0 saturated carbocycles. The molecule has 0 bridgehead atoms. The molecule has 1 aromatic heterocycles. The first kappa shape index (κ1) is 15.9. The van der Waals surface area contributed by atoms with Crippen molar-refractivity contribution in [1.29, 1.82) is 0 Å². The normalized spacial score (nSPS) is 13.1. The summed E-state index contributed by atoms with van der Waals surface area (Å²) in [6.07, 6.45) is -4.99. The summed E-state index contributed by atoms with van der Waals surface area (Å²) in [6.45, 7) is 1.51. The van der Waals surface area contributed by atoms with Crippen LogP contribution in [0.2, 0.25) is 0 Å². The van der Waals surface area contributed by atoms with Crippen molar-refractivity contribution in [2.75, 3.05) is 0 Å². The summed E-state index contributed by atoms with van der Waals surface area (Å²) >= 11 is 0. The van der Waals surface area contributed by atoms with Gasteiger partial charge in [0.25, 0.3) is 0 Å². The number of hydrogen-bond acceptors (Lipinski definition) is 4. The number of carbonyl (C=O) groups is 1. The average Bonchev–Trinajstić information content (AvgIpc) is 2.85. The van der Waals surface area contributed by atoms with Crippen LogP contribution in [0.3, 0.4) is 0 Å². The van der Waals surface area contributed by atoms with E-state index in [9.17, 15) is 22.4 Å². The molecule has 2 aromatic rings. The van der Waals surface area contributed by atoms with Crippen LogP contribution in [-0.4, -0.2) is 21.2 Å². The molecular formula is C13H10F4N2O3. The number of halogens is 4. The van der Waals surface area contributed by atoms with Crippen LogP contribution in [0.1, 0.15) is 30.7 Å². The fraction of sp³-hybridized carbons (Fsp3) is 0.308. The van der Waals surface area contributed by atoms with Crippen LogP contribution in [0, 0.1) is 5.82 Å². The van der Waals surface area contributed by atoms with Gasteiger partial charge in [-0.2, -0.15) is 18.2 Å². The number of carboxylic acid groups (broad SMARTS) is 1. The van der Waals surface area contributed by atoms with Gasteiger partial charge in [-0.3, -0.25) is 4.79 Å². The fourth-order valence-electron chi connectivity index (χ4n) is 1.78. The van der Waals surface area contributed by atoms with Gasteiger partial charge in [-0.25, -0.2) is 4.39 Å². The Morgan fingerprint density at radius 3 is 2.64 bits per heavy atom. The van der Waals surface area contributed by atoms with Gasteiger partial charge < -0.3 is 9.63 Å². The summed E-state index contributed by atoms with van der Waals surface area (Å²) in [4.78, 5) is 14.4. The highest BCUT2D eigenvalue weighted by atomic mass is 19.4. The standard InChI is InChI=1S/C13H10F4N2O3/c1-6(2-10(20)21)12-18-11(19-22-12)7-3-8(13(15,16)17)5-9(14)4-7/h3-6H,2H2,1H3,(H,20,21)/t6-/m0/s1. The highest BCUT2D eigenvalue weighted by Gasteiger charge is 2.32. The lowest BCUT2D eigenvalue weighted by Gasteiger charge is -2.07. The minimum Gasteiger partial charge on any atom is -0.481 e. The Bertz CT molecular complexity index is 697. The second-order valence-electron chi connectivity index (χ2n) is 4.68. The van der Waals surface area contributed by atoms with Crippen LogP contribution in [-0.2, 0) is 11.0 Å². The Morgan fingerprint density at radius 1 is 1.36 bits per heavy atom. The number of hydrogen-bond donors (Lipinski definition) is 1. The molecule has 1 aromatic carbocycles. The van der Waals surface area contributed by atoms with Crippen LogP contribution in [0.5, 0.6) is 0 Å². The monoisotopic (exact) mass is 318 g/mol. The number of aromatic nitrogens is 2. The molecule has 0 aliphatic carbocycles. The maximum absolute atomic E-state index is 13.3. The second kappa shape index (κ2) is 5.74. The first-order valence-corrected chi connectivity index (χ1v) is 6.10. The molecule has 22 heavy (non-hydrogen) atoms. The zero-order valence-electron chi connectivity index (χ0n) is 11.2. The molecule has 1 heterocycles. The van der Waals surface area contributed by atoms with E-state index in [1.165, 1.54) is 6.92 Å². The molecule has 0 saturated heterocycles. The molecule has 0 fully saturated rings. The third-order valence-electron chi connectivity index (χ3n) is 2.83. The minimum atomic E-state index is -4.71. The topological polar surface area (TPSA) is 76.2 Å². The summed E-state index contributed by atoms with van der Waals surface area (Å²) in [5.41, 5.74) is -1.38. The molecule has 2 rings (SSSR count). The van der Waals surface area contributed by atoms with Crippen molar-refractivity contribution in [3.05, 3.63) is 35.5 Å². The van der Waals surface area contributed by atoms with Crippen molar-refractivity contribution in [1.82, 2.24) is 10.1 Å². The molecule has 118 valence electrons. The van der Waals surface area contributed by atoms with Crippen molar-refractivity contribution >= 4 is 5.97 Å². The van der Waals surface area contributed by atoms with Gasteiger partial charge in [0.05, 0.1) is 12.0 Å². The third-order valence-corrected chi connectivity index (χ3v) is 2.83. The van der Waals surface area contributed by atoms with Crippen LogP contribution < -0.4 is 0 Å². The molecule has 0 spiro atoms. The van der Waals surface area contributed by atoms with Gasteiger partial charge in [-0.05, 0) is 18.2 Å². The highest BCUT2D eigenvalue weighted by molar-refractivity contribution is 5.67. The quantitative estimate of drug-likeness (QED) is 0.874. The van der Waals surface area contributed by atoms with Gasteiger partial charge in [0.2, 0.25) is 11.7 Å². The number of nitrogens with zero attached hydrogens (tertiary/aromatic N) is 2. The SMILES string of the molecule is C[C@@H](CC(=O)O)c1nc(-c2cc(F)cc(C(F)(F)F)c2)no1. The minimum absolute atomic E-state index is 0.0461. The first-order valence-electron chi connectivity index (χ1n) is 6.10. The summed E-state index contributed by atoms with van der Waals surface area (Å²) < 4.78 is 56.1. The van der Waals surface area contributed by atoms with Crippen molar-refractivity contribution in [2.45, 2.75) is 25.4 Å². The average molecular weight is 318 g/mol. The van der Waals surface area contributed by atoms with E-state index in [1.54, 1.807) is 0 Å². The van der Waals surface area contributed by atoms with E-state index < -0.39 is 29.4 Å². The molecule has 0 aliphatic heterocycles. The van der Waals surface area contributed by atoms with Crippen molar-refractivity contribution in [3.8, 4) is 11.4 Å². The first-order chi connectivity index (χ1) is 10.2. The molecule has 0 unspecified atom stereocenters. The van der Waals surface area contributed by atoms with E-state index in [0.29, 0.717) is 12.1 Å². The Kier molecular flexibility index (Phi) is 4.16. The molecule has 0 aliphatic rings. The van der Waals surface area contributed by atoms with E-state index in [4.69, 9.17) is 9.63 Å². The number of alkyl halides is 3. The Morgan fingerprint density at radius 2 is 2.05 bits per heavy atom. The van der Waals surface area contributed by atoms with Crippen molar-refractivity contribution < 1.29 is 32.0 Å². The predicted molar refractivity (Wildman–Crippen MR) is 65.4 cm³/mol. The highest BCUT2D eigenvalue weighted by Crippen LogP contribution is 2.32. The Balaban J connectivity index is 2.35. The Labute approximate surface area is 121 Å². The summed E-state index contributed by atoms with van der Waals surface area (Å²) in [6, 6.07) is 1.89. The lowest BCUT2D eigenvalue weighted by molar-refractivity contribution is -0.138. The summed E-state index contributed by atoms with van der Waals surface area (Å²) in [5.74, 6) is -3.08. The van der Waals surface area contributed by atoms with Gasteiger partial charge in [0, 0.05) is 11.5 Å². The smallest absolute Gasteiger partial charge is 0.416 e. The van der Waals surface area contributed by atoms with Crippen molar-refractivity contribution in [3.63, 3.8) is 0 Å². The number of benzene rings is 1. The van der Waals surface area contributed by atoms with Crippen molar-refractivity contribution in [2.24, 2.45) is 0 Å². The molecule has 9 heteroatoms. The lowest BCUT2D eigenvalue weighted by Crippen LogP contribution is -2.06. The van der Waals surface area contributed by atoms with E-state index in [0.717, 1.165) is 6.07 Å². The van der Waals surface area contributed by atoms with E-state index >= 15 is 0 Å². The predicted octanol–water partition coefficient (Wildman–Crippen LogP) is 3.47. The molecular weight excluding hydrogens is 308 g/mol. The second-order valence-corrected chi connectivity index (χ2v) is 4.68. The number of carboxylic acids is 1. The fourth-order valence-corrected chi connectivity index (χ4v) is 1.78. The van der Waals surface area contributed by atoms with Crippen LogP contribution in [0.4, 0.5) is 17.6 Å². The maximum Gasteiger partial charge on any atom is 0.416 e. The number of rotatable bonds is 4. The zero-order valence-corrected chi connectivity index (χ0v) is 11.2. The zero-order chi connectivity index (χ0) is 16.5.